The van der Waals surface area contributed by atoms with E-state index in [1.165, 1.54) is 0 Å². The number of amides is 2. The van der Waals surface area contributed by atoms with E-state index in [-0.39, 0.29) is 19.8 Å². The summed E-state index contributed by atoms with van der Waals surface area (Å²) in [6.07, 6.45) is 0. The zero-order chi connectivity index (χ0) is 18.9. The molecule has 0 aliphatic rings. The molecule has 0 saturated heterocycles. The van der Waals surface area contributed by atoms with Gasteiger partial charge in [-0.3, -0.25) is 4.57 Å². The van der Waals surface area contributed by atoms with Crippen molar-refractivity contribution < 1.29 is 27.9 Å². The quantitative estimate of drug-likeness (QED) is 0.491. The number of benzene rings is 1. The number of halogens is 1. The molecule has 10 heteroatoms. The van der Waals surface area contributed by atoms with Crippen LogP contribution in [0.15, 0.2) is 24.3 Å². The normalized spacial score (nSPS) is 12.3. The third-order valence-corrected chi connectivity index (χ3v) is 5.27. The molecule has 2 N–H and O–H groups in total. The van der Waals surface area contributed by atoms with Crippen molar-refractivity contribution in [2.45, 2.75) is 26.6 Å². The zero-order valence-electron chi connectivity index (χ0n) is 14.3. The lowest BCUT2D eigenvalue weighted by Gasteiger charge is -2.25. The van der Waals surface area contributed by atoms with Crippen LogP contribution in [0.25, 0.3) is 0 Å². The summed E-state index contributed by atoms with van der Waals surface area (Å²) in [4.78, 5) is 24.3. The van der Waals surface area contributed by atoms with Gasteiger partial charge in [0, 0.05) is 10.7 Å². The number of rotatable bonds is 9. The van der Waals surface area contributed by atoms with Crippen molar-refractivity contribution in [1.29, 1.82) is 0 Å². The number of hydrogen-bond acceptors (Lipinski definition) is 6. The number of carbonyl (C=O) groups excluding carboxylic acids is 2. The Morgan fingerprint density at radius 2 is 1.64 bits per heavy atom. The van der Waals surface area contributed by atoms with Gasteiger partial charge in [0.2, 0.25) is 5.78 Å². The average molecular weight is 393 g/mol. The Morgan fingerprint density at radius 1 is 1.08 bits per heavy atom. The fourth-order valence-electron chi connectivity index (χ4n) is 1.86. The lowest BCUT2D eigenvalue weighted by Crippen LogP contribution is -2.44. The molecule has 140 valence electrons. The fourth-order valence-corrected chi connectivity index (χ4v) is 3.69. The van der Waals surface area contributed by atoms with Crippen molar-refractivity contribution in [2.75, 3.05) is 25.1 Å². The predicted octanol–water partition coefficient (Wildman–Crippen LogP) is 3.62. The average Bonchev–Trinajstić information content (AvgIpc) is 2.55. The molecule has 0 unspecified atom stereocenters. The van der Waals surface area contributed by atoms with Gasteiger partial charge in [0.1, 0.15) is 0 Å². The van der Waals surface area contributed by atoms with Crippen LogP contribution in [-0.4, -0.2) is 37.6 Å². The summed E-state index contributed by atoms with van der Waals surface area (Å²) in [7, 11) is -3.95. The summed E-state index contributed by atoms with van der Waals surface area (Å²) in [6, 6.07) is 5.56. The molecule has 8 nitrogen and oxygen atoms in total. The Kier molecular flexibility index (Phi) is 8.92. The predicted molar refractivity (Wildman–Crippen MR) is 94.9 cm³/mol. The van der Waals surface area contributed by atoms with E-state index in [0.29, 0.717) is 10.7 Å². The van der Waals surface area contributed by atoms with Gasteiger partial charge in [0.15, 0.2) is 0 Å². The first-order valence-corrected chi connectivity index (χ1v) is 9.73. The number of nitrogens with one attached hydrogen (secondary N) is 2. The van der Waals surface area contributed by atoms with E-state index >= 15 is 0 Å². The van der Waals surface area contributed by atoms with E-state index in [9.17, 15) is 14.2 Å². The third kappa shape index (κ3) is 6.66. The van der Waals surface area contributed by atoms with Gasteiger partial charge in [-0.05, 0) is 45.0 Å². The summed E-state index contributed by atoms with van der Waals surface area (Å²) in [5, 5.41) is 5.32. The van der Waals surface area contributed by atoms with Crippen molar-refractivity contribution in [3.63, 3.8) is 0 Å². The molecule has 1 rings (SSSR count). The highest BCUT2D eigenvalue weighted by atomic mass is 35.5. The Labute approximate surface area is 151 Å². The number of urea groups is 1. The molecule has 0 fully saturated rings. The first-order chi connectivity index (χ1) is 11.9. The molecule has 0 bridgehead atoms. The van der Waals surface area contributed by atoms with Crippen molar-refractivity contribution in [1.82, 2.24) is 5.32 Å². The molecule has 0 heterocycles. The van der Waals surface area contributed by atoms with Crippen LogP contribution in [0, 0.1) is 0 Å². The molecule has 1 aromatic rings. The monoisotopic (exact) mass is 392 g/mol. The Morgan fingerprint density at radius 3 is 2.12 bits per heavy atom. The second-order valence-corrected chi connectivity index (χ2v) is 7.18. The highest BCUT2D eigenvalue weighted by Crippen LogP contribution is 2.52. The fraction of sp³-hybridized carbons (Fsp3) is 0.467. The van der Waals surface area contributed by atoms with Gasteiger partial charge in [-0.15, -0.1) is 0 Å². The van der Waals surface area contributed by atoms with E-state index in [2.05, 4.69) is 10.6 Å². The summed E-state index contributed by atoms with van der Waals surface area (Å²) in [5.41, 5.74) is 0.437. The lowest BCUT2D eigenvalue weighted by atomic mass is 10.3. The van der Waals surface area contributed by atoms with Crippen LogP contribution in [0.4, 0.5) is 10.5 Å². The van der Waals surface area contributed by atoms with Crippen LogP contribution in [0.3, 0.4) is 0 Å². The van der Waals surface area contributed by atoms with Crippen LogP contribution in [-0.2, 0) is 23.1 Å². The molecular formula is C15H22ClN2O6P. The van der Waals surface area contributed by atoms with Gasteiger partial charge >= 0.3 is 19.6 Å². The van der Waals surface area contributed by atoms with E-state index < -0.39 is 25.4 Å². The van der Waals surface area contributed by atoms with Gasteiger partial charge in [0.25, 0.3) is 0 Å². The maximum atomic E-state index is 12.9. The standard InChI is InChI=1S/C15H22ClN2O6P/c1-4-22-14(19)13(25(21,23-5-2)24-6-3)18-15(20)17-12-9-7-11(16)8-10-12/h7-10,13H,4-6H2,1-3H3,(H2,17,18,20)/t13-/m1/s1. The highest BCUT2D eigenvalue weighted by molar-refractivity contribution is 7.55. The SMILES string of the molecule is CCOC(=O)[C@H](NC(=O)Nc1ccc(Cl)cc1)P(=O)(OCC)OCC. The van der Waals surface area contributed by atoms with Crippen molar-refractivity contribution in [3.05, 3.63) is 29.3 Å². The maximum absolute atomic E-state index is 12.9. The van der Waals surface area contributed by atoms with Gasteiger partial charge in [-0.1, -0.05) is 11.6 Å². The number of esters is 1. The minimum atomic E-state index is -3.95. The molecule has 1 atom stereocenters. The highest BCUT2D eigenvalue weighted by Gasteiger charge is 2.43. The smallest absolute Gasteiger partial charge is 0.364 e. The number of anilines is 1. The molecule has 1 aromatic carbocycles. The molecule has 0 spiro atoms. The van der Waals surface area contributed by atoms with E-state index in [0.717, 1.165) is 0 Å². The van der Waals surface area contributed by atoms with Gasteiger partial charge in [-0.2, -0.15) is 0 Å². The summed E-state index contributed by atoms with van der Waals surface area (Å²) in [5.74, 6) is -2.49. The first kappa shape index (κ1) is 21.4. The number of ether oxygens (including phenoxy) is 1. The van der Waals surface area contributed by atoms with Crippen LogP contribution >= 0.6 is 19.2 Å². The van der Waals surface area contributed by atoms with Gasteiger partial charge in [0.05, 0.1) is 19.8 Å². The van der Waals surface area contributed by atoms with Gasteiger partial charge < -0.3 is 24.4 Å². The van der Waals surface area contributed by atoms with E-state index in [4.69, 9.17) is 25.4 Å². The molecule has 0 aliphatic heterocycles. The largest absolute Gasteiger partial charge is 0.464 e. The molecule has 0 saturated carbocycles. The van der Waals surface area contributed by atoms with Crippen LogP contribution in [0.2, 0.25) is 5.02 Å². The first-order valence-electron chi connectivity index (χ1n) is 7.74. The topological polar surface area (TPSA) is 103 Å². The molecule has 2 amide bonds. The van der Waals surface area contributed by atoms with Crippen molar-refractivity contribution in [3.8, 4) is 0 Å². The summed E-state index contributed by atoms with van der Waals surface area (Å²) < 4.78 is 28.0. The Hall–Kier alpha value is -1.60. The Bertz CT molecular complexity index is 615. The minimum Gasteiger partial charge on any atom is -0.464 e. The number of hydrogen-bond donors (Lipinski definition) is 2. The second-order valence-electron chi connectivity index (χ2n) is 4.64. The summed E-state index contributed by atoms with van der Waals surface area (Å²) in [6.45, 7) is 4.91. The van der Waals surface area contributed by atoms with Crippen molar-refractivity contribution in [2.24, 2.45) is 0 Å². The van der Waals surface area contributed by atoms with Crippen LogP contribution in [0.1, 0.15) is 20.8 Å². The van der Waals surface area contributed by atoms with Crippen molar-refractivity contribution >= 4 is 36.9 Å². The molecule has 0 aromatic heterocycles. The Balaban J connectivity index is 2.95. The molecule has 25 heavy (non-hydrogen) atoms. The summed E-state index contributed by atoms with van der Waals surface area (Å²) >= 11 is 5.78. The van der Waals surface area contributed by atoms with Crippen LogP contribution in [0.5, 0.6) is 0 Å². The maximum Gasteiger partial charge on any atom is 0.364 e. The molecular weight excluding hydrogens is 371 g/mol. The van der Waals surface area contributed by atoms with Crippen LogP contribution < -0.4 is 10.6 Å². The third-order valence-electron chi connectivity index (χ3n) is 2.81. The second kappa shape index (κ2) is 10.4. The lowest BCUT2D eigenvalue weighted by molar-refractivity contribution is -0.143. The van der Waals surface area contributed by atoms with E-state index in [1.807, 2.05) is 0 Å². The minimum absolute atomic E-state index is 0.0354. The molecule has 0 radical (unpaired) electrons. The molecule has 0 aliphatic carbocycles. The van der Waals surface area contributed by atoms with E-state index in [1.54, 1.807) is 45.0 Å². The zero-order valence-corrected chi connectivity index (χ0v) is 15.9. The van der Waals surface area contributed by atoms with Gasteiger partial charge in [-0.25, -0.2) is 9.59 Å². The number of carbonyl (C=O) groups is 2.